The number of amides is 1. The van der Waals surface area contributed by atoms with Gasteiger partial charge in [0.05, 0.1) is 18.3 Å². The molecule has 0 aromatic carbocycles. The van der Waals surface area contributed by atoms with Gasteiger partial charge in [0.15, 0.2) is 0 Å². The number of hydrogen-bond donors (Lipinski definition) is 0. The number of aromatic nitrogens is 5. The lowest BCUT2D eigenvalue weighted by Crippen LogP contribution is -2.38. The number of carbonyl (C=O) groups is 1. The summed E-state index contributed by atoms with van der Waals surface area (Å²) in [5.41, 5.74) is 1.37. The molecule has 0 radical (unpaired) electrons. The Hall–Kier alpha value is -2.96. The molecule has 1 aliphatic rings. The first-order valence-corrected chi connectivity index (χ1v) is 8.47. The van der Waals surface area contributed by atoms with E-state index in [9.17, 15) is 4.79 Å². The Morgan fingerprint density at radius 2 is 2.16 bits per heavy atom. The number of hydrogen-bond acceptors (Lipinski definition) is 4. The first-order valence-electron chi connectivity index (χ1n) is 8.47. The van der Waals surface area contributed by atoms with Crippen molar-refractivity contribution >= 4 is 5.91 Å². The van der Waals surface area contributed by atoms with Crippen molar-refractivity contribution in [2.45, 2.75) is 32.4 Å². The average molecular weight is 336 g/mol. The Labute approximate surface area is 145 Å². The lowest BCUT2D eigenvalue weighted by molar-refractivity contribution is 0.0715. The Morgan fingerprint density at radius 3 is 2.92 bits per heavy atom. The second kappa shape index (κ2) is 6.51. The summed E-state index contributed by atoms with van der Waals surface area (Å²) in [6.07, 6.45) is 11.0. The lowest BCUT2D eigenvalue weighted by Gasteiger charge is -2.24. The van der Waals surface area contributed by atoms with Crippen molar-refractivity contribution in [3.8, 4) is 5.69 Å². The third-order valence-electron chi connectivity index (χ3n) is 4.66. The van der Waals surface area contributed by atoms with Crippen LogP contribution in [0.5, 0.6) is 0 Å². The van der Waals surface area contributed by atoms with Gasteiger partial charge >= 0.3 is 0 Å². The second-order valence-electron chi connectivity index (χ2n) is 6.27. The van der Waals surface area contributed by atoms with E-state index in [0.29, 0.717) is 5.69 Å². The molecule has 1 aliphatic heterocycles. The van der Waals surface area contributed by atoms with Crippen molar-refractivity contribution in [1.29, 1.82) is 0 Å². The zero-order chi connectivity index (χ0) is 17.2. The van der Waals surface area contributed by atoms with Crippen molar-refractivity contribution in [3.05, 3.63) is 60.7 Å². The molecule has 1 saturated heterocycles. The molecule has 25 heavy (non-hydrogen) atoms. The summed E-state index contributed by atoms with van der Waals surface area (Å²) < 4.78 is 3.83. The quantitative estimate of drug-likeness (QED) is 0.731. The van der Waals surface area contributed by atoms with Gasteiger partial charge in [-0.25, -0.2) is 4.98 Å². The smallest absolute Gasteiger partial charge is 0.272 e. The maximum atomic E-state index is 13.0. The van der Waals surface area contributed by atoms with Crippen molar-refractivity contribution < 1.29 is 4.79 Å². The third kappa shape index (κ3) is 3.05. The fourth-order valence-electron chi connectivity index (χ4n) is 3.40. The standard InChI is InChI=1S/C18H20N6O/c1-14-19-8-11-23(14)15-5-7-20-17(12-15)18(25)24-10-2-4-16(24)13-22-9-3-6-21-22/h3,5-9,11-12,16H,2,4,10,13H2,1H3. The molecule has 0 bridgehead atoms. The van der Waals surface area contributed by atoms with E-state index >= 15 is 0 Å². The van der Waals surface area contributed by atoms with Crippen LogP contribution in [-0.4, -0.2) is 47.7 Å². The molecule has 3 aromatic rings. The number of pyridine rings is 1. The molecule has 4 heterocycles. The van der Waals surface area contributed by atoms with Gasteiger partial charge in [-0.3, -0.25) is 14.5 Å². The number of imidazole rings is 1. The molecule has 4 rings (SSSR count). The van der Waals surface area contributed by atoms with E-state index in [1.54, 1.807) is 18.6 Å². The summed E-state index contributed by atoms with van der Waals surface area (Å²) in [6, 6.07) is 5.78. The molecule has 3 aromatic heterocycles. The highest BCUT2D eigenvalue weighted by molar-refractivity contribution is 5.93. The van der Waals surface area contributed by atoms with Crippen LogP contribution in [0.3, 0.4) is 0 Å². The molecule has 7 nitrogen and oxygen atoms in total. The zero-order valence-electron chi connectivity index (χ0n) is 14.1. The minimum atomic E-state index is -0.0192. The molecule has 7 heteroatoms. The first-order chi connectivity index (χ1) is 12.2. The lowest BCUT2D eigenvalue weighted by atomic mass is 10.2. The monoisotopic (exact) mass is 336 g/mol. The van der Waals surface area contributed by atoms with Crippen molar-refractivity contribution in [2.75, 3.05) is 6.54 Å². The maximum Gasteiger partial charge on any atom is 0.272 e. The van der Waals surface area contributed by atoms with E-state index in [1.165, 1.54) is 0 Å². The number of rotatable bonds is 4. The van der Waals surface area contributed by atoms with Crippen LogP contribution in [0.25, 0.3) is 5.69 Å². The first kappa shape index (κ1) is 15.6. The Balaban J connectivity index is 1.57. The number of nitrogens with zero attached hydrogens (tertiary/aromatic N) is 6. The average Bonchev–Trinajstić information content (AvgIpc) is 3.37. The molecule has 1 atom stereocenters. The predicted molar refractivity (Wildman–Crippen MR) is 92.4 cm³/mol. The van der Waals surface area contributed by atoms with E-state index in [1.807, 2.05) is 51.7 Å². The minimum absolute atomic E-state index is 0.0192. The molecule has 0 spiro atoms. The van der Waals surface area contributed by atoms with Gasteiger partial charge in [-0.05, 0) is 38.0 Å². The van der Waals surface area contributed by atoms with Gasteiger partial charge in [-0.15, -0.1) is 0 Å². The Bertz CT molecular complexity index is 869. The molecule has 1 fully saturated rings. The molecular weight excluding hydrogens is 316 g/mol. The molecule has 0 N–H and O–H groups in total. The van der Waals surface area contributed by atoms with Crippen LogP contribution in [0.1, 0.15) is 29.2 Å². The van der Waals surface area contributed by atoms with E-state index in [2.05, 4.69) is 15.1 Å². The summed E-state index contributed by atoms with van der Waals surface area (Å²) in [6.45, 7) is 3.42. The minimum Gasteiger partial charge on any atom is -0.332 e. The summed E-state index contributed by atoms with van der Waals surface area (Å²) >= 11 is 0. The van der Waals surface area contributed by atoms with Gasteiger partial charge in [0.25, 0.3) is 5.91 Å². The molecular formula is C18H20N6O. The maximum absolute atomic E-state index is 13.0. The second-order valence-corrected chi connectivity index (χ2v) is 6.27. The number of likely N-dealkylation sites (tertiary alicyclic amines) is 1. The SMILES string of the molecule is Cc1nccn1-c1ccnc(C(=O)N2CCCC2Cn2cccn2)c1. The molecule has 1 amide bonds. The van der Waals surface area contributed by atoms with Crippen LogP contribution in [0.4, 0.5) is 0 Å². The van der Waals surface area contributed by atoms with Crippen LogP contribution in [0.2, 0.25) is 0 Å². The number of carbonyl (C=O) groups excluding carboxylic acids is 1. The van der Waals surface area contributed by atoms with Crippen LogP contribution in [0.15, 0.2) is 49.2 Å². The van der Waals surface area contributed by atoms with Gasteiger partial charge in [-0.1, -0.05) is 0 Å². The number of aryl methyl sites for hydroxylation is 1. The largest absolute Gasteiger partial charge is 0.332 e. The highest BCUT2D eigenvalue weighted by Gasteiger charge is 2.30. The van der Waals surface area contributed by atoms with Crippen LogP contribution < -0.4 is 0 Å². The summed E-state index contributed by atoms with van der Waals surface area (Å²) in [4.78, 5) is 23.5. The molecule has 128 valence electrons. The van der Waals surface area contributed by atoms with Gasteiger partial charge < -0.3 is 9.47 Å². The van der Waals surface area contributed by atoms with Crippen molar-refractivity contribution in [1.82, 2.24) is 29.2 Å². The van der Waals surface area contributed by atoms with Crippen LogP contribution >= 0.6 is 0 Å². The van der Waals surface area contributed by atoms with E-state index in [4.69, 9.17) is 0 Å². The third-order valence-corrected chi connectivity index (χ3v) is 4.66. The highest BCUT2D eigenvalue weighted by Crippen LogP contribution is 2.22. The normalized spacial score (nSPS) is 17.2. The summed E-state index contributed by atoms with van der Waals surface area (Å²) in [5.74, 6) is 0.858. The van der Waals surface area contributed by atoms with Crippen molar-refractivity contribution in [2.24, 2.45) is 0 Å². The zero-order valence-corrected chi connectivity index (χ0v) is 14.1. The van der Waals surface area contributed by atoms with E-state index < -0.39 is 0 Å². The van der Waals surface area contributed by atoms with E-state index in [-0.39, 0.29) is 11.9 Å². The molecule has 0 saturated carbocycles. The fraction of sp³-hybridized carbons (Fsp3) is 0.333. The summed E-state index contributed by atoms with van der Waals surface area (Å²) in [7, 11) is 0. The van der Waals surface area contributed by atoms with Crippen LogP contribution in [-0.2, 0) is 6.54 Å². The van der Waals surface area contributed by atoms with Gasteiger partial charge in [0, 0.05) is 37.5 Å². The van der Waals surface area contributed by atoms with Gasteiger partial charge in [0.2, 0.25) is 0 Å². The van der Waals surface area contributed by atoms with Crippen LogP contribution in [0, 0.1) is 6.92 Å². The van der Waals surface area contributed by atoms with Gasteiger partial charge in [0.1, 0.15) is 11.5 Å². The topological polar surface area (TPSA) is 68.8 Å². The van der Waals surface area contributed by atoms with Crippen molar-refractivity contribution in [3.63, 3.8) is 0 Å². The Kier molecular flexibility index (Phi) is 4.05. The molecule has 1 unspecified atom stereocenters. The Morgan fingerprint density at radius 1 is 1.24 bits per heavy atom. The summed E-state index contributed by atoms with van der Waals surface area (Å²) in [5, 5.41) is 4.26. The molecule has 0 aliphatic carbocycles. The highest BCUT2D eigenvalue weighted by atomic mass is 16.2. The van der Waals surface area contributed by atoms with Gasteiger partial charge in [-0.2, -0.15) is 5.10 Å². The van der Waals surface area contributed by atoms with E-state index in [0.717, 1.165) is 37.4 Å². The fourth-order valence-corrected chi connectivity index (χ4v) is 3.40. The predicted octanol–water partition coefficient (Wildman–Crippen LogP) is 2.08.